The van der Waals surface area contributed by atoms with Crippen LogP contribution in [0.2, 0.25) is 0 Å². The van der Waals surface area contributed by atoms with Crippen molar-refractivity contribution in [2.45, 2.75) is 11.8 Å². The summed E-state index contributed by atoms with van der Waals surface area (Å²) in [5, 5.41) is 0. The van der Waals surface area contributed by atoms with Crippen molar-refractivity contribution in [2.75, 3.05) is 5.75 Å². The van der Waals surface area contributed by atoms with E-state index in [1.165, 1.54) is 23.5 Å². The van der Waals surface area contributed by atoms with E-state index in [1.54, 1.807) is 18.2 Å². The fourth-order valence-electron chi connectivity index (χ4n) is 2.52. The van der Waals surface area contributed by atoms with Crippen molar-refractivity contribution in [1.82, 2.24) is 4.57 Å². The first kappa shape index (κ1) is 16.6. The van der Waals surface area contributed by atoms with Crippen molar-refractivity contribution in [3.05, 3.63) is 58.9 Å². The molecule has 1 heterocycles. The normalized spacial score (nSPS) is 12.7. The number of rotatable bonds is 3. The van der Waals surface area contributed by atoms with Gasteiger partial charge in [0.05, 0.1) is 15.1 Å². The maximum Gasteiger partial charge on any atom is 0.263 e. The number of fused-ring (bicyclic) bond motifs is 1. The summed E-state index contributed by atoms with van der Waals surface area (Å²) in [6.07, 6.45) is 0. The first-order valence-corrected chi connectivity index (χ1v) is 9.76. The van der Waals surface area contributed by atoms with Crippen molar-refractivity contribution < 1.29 is 13.2 Å². The average Bonchev–Trinajstić information content (AvgIpc) is 2.85. The number of aromatic nitrogens is 1. The second kappa shape index (κ2) is 6.33. The Morgan fingerprint density at radius 1 is 1.12 bits per heavy atom. The maximum absolute atomic E-state index is 12.3. The number of carbonyl (C=O) groups excluding carboxylic acids is 1. The number of thiazole rings is 1. The zero-order valence-corrected chi connectivity index (χ0v) is 14.9. The molecule has 0 aliphatic carbocycles. The molecule has 0 bridgehead atoms. The molecule has 0 radical (unpaired) electrons. The van der Waals surface area contributed by atoms with Crippen LogP contribution in [0.3, 0.4) is 0 Å². The second-order valence-corrected chi connectivity index (χ2v) is 8.44. The summed E-state index contributed by atoms with van der Waals surface area (Å²) in [5.41, 5.74) is 2.08. The van der Waals surface area contributed by atoms with Crippen LogP contribution in [0.5, 0.6) is 0 Å². The highest BCUT2D eigenvalue weighted by atomic mass is 32.2. The predicted molar refractivity (Wildman–Crippen MR) is 94.6 cm³/mol. The molecule has 0 aliphatic rings. The molecule has 1 aromatic heterocycles. The van der Waals surface area contributed by atoms with E-state index in [1.807, 2.05) is 36.7 Å². The van der Waals surface area contributed by atoms with Crippen LogP contribution in [-0.4, -0.2) is 24.6 Å². The number of amides is 1. The van der Waals surface area contributed by atoms with Gasteiger partial charge in [0.1, 0.15) is 5.75 Å². The Morgan fingerprint density at radius 2 is 1.83 bits per heavy atom. The summed E-state index contributed by atoms with van der Waals surface area (Å²) in [4.78, 5) is 16.8. The zero-order valence-electron chi connectivity index (χ0n) is 13.3. The number of hydrogen-bond acceptors (Lipinski definition) is 4. The van der Waals surface area contributed by atoms with Gasteiger partial charge in [0.15, 0.2) is 14.6 Å². The fraction of sp³-hybridized carbons (Fsp3) is 0.176. The topological polar surface area (TPSA) is 68.5 Å². The van der Waals surface area contributed by atoms with E-state index < -0.39 is 21.5 Å². The van der Waals surface area contributed by atoms with Crippen LogP contribution in [0.4, 0.5) is 0 Å². The number of carbonyl (C=O) groups is 1. The van der Waals surface area contributed by atoms with Crippen LogP contribution >= 0.6 is 11.3 Å². The van der Waals surface area contributed by atoms with Crippen LogP contribution in [0.1, 0.15) is 5.56 Å². The fourth-order valence-corrected chi connectivity index (χ4v) is 4.76. The Morgan fingerprint density at radius 3 is 2.50 bits per heavy atom. The van der Waals surface area contributed by atoms with E-state index >= 15 is 0 Å². The van der Waals surface area contributed by atoms with Crippen LogP contribution in [-0.2, 0) is 21.7 Å². The highest BCUT2D eigenvalue weighted by Gasteiger charge is 2.19. The van der Waals surface area contributed by atoms with Gasteiger partial charge < -0.3 is 4.57 Å². The van der Waals surface area contributed by atoms with Crippen molar-refractivity contribution in [2.24, 2.45) is 12.0 Å². The smallest absolute Gasteiger partial charge is 0.263 e. The third-order valence-corrected chi connectivity index (χ3v) is 6.37. The summed E-state index contributed by atoms with van der Waals surface area (Å²) in [7, 11) is -1.86. The number of aryl methyl sites for hydroxylation is 2. The molecule has 0 aliphatic heterocycles. The van der Waals surface area contributed by atoms with Gasteiger partial charge >= 0.3 is 0 Å². The lowest BCUT2D eigenvalue weighted by Gasteiger charge is -2.01. The van der Waals surface area contributed by atoms with Crippen LogP contribution in [0.25, 0.3) is 10.2 Å². The summed E-state index contributed by atoms with van der Waals surface area (Å²) >= 11 is 1.37. The largest absolute Gasteiger partial charge is 0.319 e. The molecule has 0 unspecified atom stereocenters. The first-order chi connectivity index (χ1) is 11.4. The minimum atomic E-state index is -3.68. The first-order valence-electron chi connectivity index (χ1n) is 7.29. The number of nitrogens with zero attached hydrogens (tertiary/aromatic N) is 2. The van der Waals surface area contributed by atoms with Gasteiger partial charge in [-0.3, -0.25) is 4.79 Å². The van der Waals surface area contributed by atoms with Gasteiger partial charge in [0.2, 0.25) is 0 Å². The molecule has 3 rings (SSSR count). The molecule has 0 N–H and O–H groups in total. The molecule has 3 aromatic rings. The van der Waals surface area contributed by atoms with Gasteiger partial charge in [-0.2, -0.15) is 4.99 Å². The van der Waals surface area contributed by atoms with E-state index in [4.69, 9.17) is 0 Å². The van der Waals surface area contributed by atoms with E-state index in [9.17, 15) is 13.2 Å². The monoisotopic (exact) mass is 360 g/mol. The van der Waals surface area contributed by atoms with Crippen molar-refractivity contribution in [3.8, 4) is 0 Å². The molecule has 2 aromatic carbocycles. The van der Waals surface area contributed by atoms with Gasteiger partial charge in [0.25, 0.3) is 5.91 Å². The lowest BCUT2D eigenvalue weighted by Crippen LogP contribution is -2.19. The Hall–Kier alpha value is -2.25. The maximum atomic E-state index is 12.3. The highest BCUT2D eigenvalue weighted by molar-refractivity contribution is 7.92. The molecule has 0 fully saturated rings. The van der Waals surface area contributed by atoms with Crippen LogP contribution in [0.15, 0.2) is 58.4 Å². The third kappa shape index (κ3) is 3.18. The van der Waals surface area contributed by atoms with Crippen molar-refractivity contribution in [1.29, 1.82) is 0 Å². The molecule has 0 atom stereocenters. The van der Waals surface area contributed by atoms with Gasteiger partial charge in [0, 0.05) is 7.05 Å². The summed E-state index contributed by atoms with van der Waals surface area (Å²) in [5.74, 6) is -1.30. The van der Waals surface area contributed by atoms with Gasteiger partial charge in [-0.05, 0) is 30.7 Å². The molecule has 1 amide bonds. The molecule has 5 nitrogen and oxygen atoms in total. The SMILES string of the molecule is Cc1cccc2sc(=NC(=O)CS(=O)(=O)c3ccccc3)n(C)c12. The number of sulfone groups is 1. The molecule has 124 valence electrons. The minimum absolute atomic E-state index is 0.130. The molecule has 0 saturated heterocycles. The van der Waals surface area contributed by atoms with E-state index in [-0.39, 0.29) is 4.90 Å². The molecular weight excluding hydrogens is 344 g/mol. The van der Waals surface area contributed by atoms with Gasteiger partial charge in [-0.25, -0.2) is 8.42 Å². The predicted octanol–water partition coefficient (Wildman–Crippen LogP) is 2.45. The zero-order chi connectivity index (χ0) is 17.3. The van der Waals surface area contributed by atoms with Gasteiger partial charge in [-0.1, -0.05) is 41.7 Å². The van der Waals surface area contributed by atoms with E-state index in [0.29, 0.717) is 4.80 Å². The second-order valence-electron chi connectivity index (χ2n) is 5.44. The Labute approximate surface area is 143 Å². The summed E-state index contributed by atoms with van der Waals surface area (Å²) < 4.78 is 27.4. The molecule has 0 saturated carbocycles. The van der Waals surface area contributed by atoms with Crippen molar-refractivity contribution in [3.63, 3.8) is 0 Å². The standard InChI is InChI=1S/C17H16N2O3S2/c1-12-7-6-10-14-16(12)19(2)17(23-14)18-15(20)11-24(21,22)13-8-4-3-5-9-13/h3-10H,11H2,1-2H3. The van der Waals surface area contributed by atoms with Crippen molar-refractivity contribution >= 4 is 37.3 Å². The Bertz CT molecular complexity index is 1080. The Balaban J connectivity index is 1.96. The van der Waals surface area contributed by atoms with E-state index in [2.05, 4.69) is 4.99 Å². The summed E-state index contributed by atoms with van der Waals surface area (Å²) in [6, 6.07) is 13.8. The minimum Gasteiger partial charge on any atom is -0.319 e. The van der Waals surface area contributed by atoms with Crippen LogP contribution < -0.4 is 4.80 Å². The number of para-hydroxylation sites is 1. The Kier molecular flexibility index (Phi) is 4.38. The number of benzene rings is 2. The quantitative estimate of drug-likeness (QED) is 0.720. The molecule has 24 heavy (non-hydrogen) atoms. The molecule has 0 spiro atoms. The molecule has 7 heteroatoms. The lowest BCUT2D eigenvalue weighted by atomic mass is 10.2. The van der Waals surface area contributed by atoms with Gasteiger partial charge in [-0.15, -0.1) is 0 Å². The van der Waals surface area contributed by atoms with Crippen LogP contribution in [0, 0.1) is 6.92 Å². The highest BCUT2D eigenvalue weighted by Crippen LogP contribution is 2.19. The third-order valence-electron chi connectivity index (χ3n) is 3.66. The average molecular weight is 360 g/mol. The lowest BCUT2D eigenvalue weighted by molar-refractivity contribution is -0.115. The van der Waals surface area contributed by atoms with E-state index in [0.717, 1.165) is 15.8 Å². The molecular formula is C17H16N2O3S2. The summed E-state index contributed by atoms with van der Waals surface area (Å²) in [6.45, 7) is 1.99. The number of hydrogen-bond donors (Lipinski definition) is 0.